The van der Waals surface area contributed by atoms with Crippen molar-refractivity contribution in [3.8, 4) is 17.1 Å². The van der Waals surface area contributed by atoms with Crippen LogP contribution < -0.4 is 15.8 Å². The topological polar surface area (TPSA) is 106 Å². The van der Waals surface area contributed by atoms with E-state index >= 15 is 0 Å². The Kier molecular flexibility index (Phi) is 3.92. The lowest BCUT2D eigenvalue weighted by atomic mass is 10.2. The van der Waals surface area contributed by atoms with Gasteiger partial charge in [0.1, 0.15) is 5.75 Å². The van der Waals surface area contributed by atoms with E-state index in [2.05, 4.69) is 20.5 Å². The number of carbonyl (C=O) groups is 1. The molecule has 0 radical (unpaired) electrons. The van der Waals surface area contributed by atoms with Gasteiger partial charge in [0.15, 0.2) is 5.82 Å². The van der Waals surface area contributed by atoms with Crippen molar-refractivity contribution >= 4 is 17.5 Å². The fraction of sp³-hybridized carbons (Fsp3) is 0.0625. The number of hydrogen-bond acceptors (Lipinski definition) is 5. The number of H-pyrrole nitrogens is 1. The Hall–Kier alpha value is -3.35. The Balaban J connectivity index is 1.76. The third kappa shape index (κ3) is 3.13. The fourth-order valence-electron chi connectivity index (χ4n) is 2.07. The molecule has 7 nitrogen and oxygen atoms in total. The number of ether oxygens (including phenoxy) is 1. The van der Waals surface area contributed by atoms with Gasteiger partial charge in [0, 0.05) is 16.8 Å². The zero-order chi connectivity index (χ0) is 16.2. The molecule has 1 aromatic heterocycles. The molecule has 0 unspecified atom stereocenters. The van der Waals surface area contributed by atoms with Gasteiger partial charge < -0.3 is 10.5 Å². The number of anilines is 2. The van der Waals surface area contributed by atoms with Gasteiger partial charge in [-0.05, 0) is 36.4 Å². The molecule has 0 spiro atoms. The largest absolute Gasteiger partial charge is 0.497 e. The van der Waals surface area contributed by atoms with Gasteiger partial charge in [0.05, 0.1) is 7.11 Å². The van der Waals surface area contributed by atoms with Crippen LogP contribution in [0.1, 0.15) is 10.4 Å². The highest BCUT2D eigenvalue weighted by Crippen LogP contribution is 2.22. The maximum atomic E-state index is 12.2. The summed E-state index contributed by atoms with van der Waals surface area (Å²) in [5.74, 6) is 1.05. The van der Waals surface area contributed by atoms with E-state index in [9.17, 15) is 4.79 Å². The highest BCUT2D eigenvalue weighted by molar-refractivity contribution is 6.03. The summed E-state index contributed by atoms with van der Waals surface area (Å²) >= 11 is 0. The number of hydrogen-bond donors (Lipinski definition) is 3. The molecule has 0 saturated heterocycles. The number of methoxy groups -OCH3 is 1. The number of amides is 1. The minimum Gasteiger partial charge on any atom is -0.497 e. The number of carbonyl (C=O) groups excluding carboxylic acids is 1. The molecule has 0 atom stereocenters. The third-order valence-electron chi connectivity index (χ3n) is 3.28. The molecule has 0 bridgehead atoms. The average molecular weight is 309 g/mol. The lowest BCUT2D eigenvalue weighted by molar-refractivity contribution is 0.102. The highest BCUT2D eigenvalue weighted by Gasteiger charge is 2.12. The van der Waals surface area contributed by atoms with E-state index in [-0.39, 0.29) is 11.9 Å². The number of para-hydroxylation sites is 1. The summed E-state index contributed by atoms with van der Waals surface area (Å²) in [6, 6.07) is 14.0. The number of nitrogen functional groups attached to an aromatic ring is 1. The summed E-state index contributed by atoms with van der Waals surface area (Å²) in [7, 11) is 1.57. The number of nitrogens with two attached hydrogens (primary N) is 1. The molecule has 7 heteroatoms. The molecular formula is C16H15N5O2. The SMILES string of the molecule is COc1ccc(C(=O)Nc2n[nH]c(-c3ccccc3N)n2)cc1. The Morgan fingerprint density at radius 1 is 1.17 bits per heavy atom. The van der Waals surface area contributed by atoms with Crippen molar-refractivity contribution in [3.05, 3.63) is 54.1 Å². The molecule has 0 fully saturated rings. The number of rotatable bonds is 4. The van der Waals surface area contributed by atoms with Crippen molar-refractivity contribution in [2.45, 2.75) is 0 Å². The Morgan fingerprint density at radius 2 is 1.91 bits per heavy atom. The van der Waals surface area contributed by atoms with Crippen LogP contribution in [0.5, 0.6) is 5.75 Å². The molecule has 0 saturated carbocycles. The Bertz CT molecular complexity index is 826. The predicted octanol–water partition coefficient (Wildman–Crippen LogP) is 2.31. The van der Waals surface area contributed by atoms with Crippen molar-refractivity contribution in [3.63, 3.8) is 0 Å². The van der Waals surface area contributed by atoms with Gasteiger partial charge in [-0.25, -0.2) is 0 Å². The second-order valence-electron chi connectivity index (χ2n) is 4.78. The van der Waals surface area contributed by atoms with Crippen molar-refractivity contribution in [1.29, 1.82) is 0 Å². The van der Waals surface area contributed by atoms with E-state index in [0.717, 1.165) is 5.56 Å². The van der Waals surface area contributed by atoms with Gasteiger partial charge in [0.25, 0.3) is 5.91 Å². The lowest BCUT2D eigenvalue weighted by Crippen LogP contribution is -2.12. The molecule has 23 heavy (non-hydrogen) atoms. The van der Waals surface area contributed by atoms with E-state index in [1.165, 1.54) is 0 Å². The zero-order valence-corrected chi connectivity index (χ0v) is 12.4. The van der Waals surface area contributed by atoms with Crippen LogP contribution in [0.25, 0.3) is 11.4 Å². The molecule has 3 aromatic rings. The number of benzene rings is 2. The molecule has 116 valence electrons. The zero-order valence-electron chi connectivity index (χ0n) is 12.4. The van der Waals surface area contributed by atoms with E-state index in [0.29, 0.717) is 22.8 Å². The molecule has 0 aliphatic carbocycles. The van der Waals surface area contributed by atoms with Crippen molar-refractivity contribution < 1.29 is 9.53 Å². The van der Waals surface area contributed by atoms with Crippen LogP contribution in [0.4, 0.5) is 11.6 Å². The minimum absolute atomic E-state index is 0.184. The average Bonchev–Trinajstić information content (AvgIpc) is 3.03. The van der Waals surface area contributed by atoms with Crippen LogP contribution in [0.15, 0.2) is 48.5 Å². The second-order valence-corrected chi connectivity index (χ2v) is 4.78. The van der Waals surface area contributed by atoms with Gasteiger partial charge in [-0.2, -0.15) is 4.98 Å². The first-order valence-corrected chi connectivity index (χ1v) is 6.90. The normalized spacial score (nSPS) is 10.3. The van der Waals surface area contributed by atoms with Crippen molar-refractivity contribution in [1.82, 2.24) is 15.2 Å². The lowest BCUT2D eigenvalue weighted by Gasteiger charge is -2.03. The van der Waals surface area contributed by atoms with Crippen LogP contribution in [0.3, 0.4) is 0 Å². The molecule has 0 aliphatic heterocycles. The van der Waals surface area contributed by atoms with Gasteiger partial charge in [-0.15, -0.1) is 5.10 Å². The van der Waals surface area contributed by atoms with E-state index in [1.807, 2.05) is 18.2 Å². The molecule has 1 heterocycles. The van der Waals surface area contributed by atoms with Crippen LogP contribution in [0.2, 0.25) is 0 Å². The summed E-state index contributed by atoms with van der Waals surface area (Å²) in [6.45, 7) is 0. The van der Waals surface area contributed by atoms with Crippen LogP contribution in [-0.2, 0) is 0 Å². The van der Waals surface area contributed by atoms with Crippen LogP contribution in [0, 0.1) is 0 Å². The minimum atomic E-state index is -0.306. The highest BCUT2D eigenvalue weighted by atomic mass is 16.5. The van der Waals surface area contributed by atoms with Crippen LogP contribution >= 0.6 is 0 Å². The Morgan fingerprint density at radius 3 is 2.61 bits per heavy atom. The molecule has 2 aromatic carbocycles. The maximum absolute atomic E-state index is 12.2. The predicted molar refractivity (Wildman–Crippen MR) is 87.2 cm³/mol. The first kappa shape index (κ1) is 14.6. The van der Waals surface area contributed by atoms with E-state index < -0.39 is 0 Å². The summed E-state index contributed by atoms with van der Waals surface area (Å²) in [6.07, 6.45) is 0. The van der Waals surface area contributed by atoms with Gasteiger partial charge in [0.2, 0.25) is 5.95 Å². The summed E-state index contributed by atoms with van der Waals surface area (Å²) < 4.78 is 5.06. The summed E-state index contributed by atoms with van der Waals surface area (Å²) in [5.41, 5.74) is 7.68. The number of aromatic nitrogens is 3. The van der Waals surface area contributed by atoms with E-state index in [1.54, 1.807) is 37.4 Å². The van der Waals surface area contributed by atoms with Crippen molar-refractivity contribution in [2.75, 3.05) is 18.2 Å². The first-order valence-electron chi connectivity index (χ1n) is 6.90. The third-order valence-corrected chi connectivity index (χ3v) is 3.28. The smallest absolute Gasteiger partial charge is 0.258 e. The monoisotopic (exact) mass is 309 g/mol. The maximum Gasteiger partial charge on any atom is 0.258 e. The van der Waals surface area contributed by atoms with Crippen LogP contribution in [-0.4, -0.2) is 28.2 Å². The molecule has 3 rings (SSSR count). The van der Waals surface area contributed by atoms with Gasteiger partial charge in [-0.1, -0.05) is 12.1 Å². The first-order chi connectivity index (χ1) is 11.2. The molecule has 0 aliphatic rings. The molecular weight excluding hydrogens is 294 g/mol. The molecule has 4 N–H and O–H groups in total. The van der Waals surface area contributed by atoms with Crippen molar-refractivity contribution in [2.24, 2.45) is 0 Å². The molecule has 1 amide bonds. The van der Waals surface area contributed by atoms with Gasteiger partial charge >= 0.3 is 0 Å². The standard InChI is InChI=1S/C16H15N5O2/c1-23-11-8-6-10(7-9-11)15(22)19-16-18-14(20-21-16)12-4-2-3-5-13(12)17/h2-9H,17H2,1H3,(H2,18,19,20,21,22). The van der Waals surface area contributed by atoms with E-state index in [4.69, 9.17) is 10.5 Å². The number of aromatic amines is 1. The van der Waals surface area contributed by atoms with Gasteiger partial charge in [-0.3, -0.25) is 15.2 Å². The summed E-state index contributed by atoms with van der Waals surface area (Å²) in [5, 5.41) is 9.38. The second kappa shape index (κ2) is 6.18. The quantitative estimate of drug-likeness (QED) is 0.641. The number of nitrogens with one attached hydrogen (secondary N) is 2. The summed E-state index contributed by atoms with van der Waals surface area (Å²) in [4.78, 5) is 16.4. The fourth-order valence-corrected chi connectivity index (χ4v) is 2.07. The number of nitrogens with zero attached hydrogens (tertiary/aromatic N) is 2. The Labute approximate surface area is 132 Å².